The minimum atomic E-state index is -0.369. The molecule has 6 heteroatoms. The zero-order valence-electron chi connectivity index (χ0n) is 8.13. The molecule has 15 heavy (non-hydrogen) atoms. The molecule has 2 rings (SSSR count). The summed E-state index contributed by atoms with van der Waals surface area (Å²) in [5.41, 5.74) is 0. The summed E-state index contributed by atoms with van der Waals surface area (Å²) >= 11 is 0. The van der Waals surface area contributed by atoms with Crippen molar-refractivity contribution in [2.75, 3.05) is 26.3 Å². The molecule has 6 nitrogen and oxygen atoms in total. The Morgan fingerprint density at radius 2 is 2.20 bits per heavy atom. The number of hydrogen-bond acceptors (Lipinski definition) is 5. The van der Waals surface area contributed by atoms with E-state index in [4.69, 9.17) is 9.47 Å². The lowest BCUT2D eigenvalue weighted by atomic mass is 10.4. The molecule has 0 aliphatic carbocycles. The summed E-state index contributed by atoms with van der Waals surface area (Å²) in [6.07, 6.45) is 2.51. The maximum Gasteiger partial charge on any atom is 0.415 e. The minimum Gasteiger partial charge on any atom is -0.408 e. The fraction of sp³-hybridized carbons (Fsp3) is 0.444. The molecule has 1 aliphatic heterocycles. The summed E-state index contributed by atoms with van der Waals surface area (Å²) in [6.45, 7) is 2.25. The zero-order chi connectivity index (χ0) is 10.5. The SMILES string of the molecule is O=C(Oc1ccnnc1)N1CCOCC1. The predicted molar refractivity (Wildman–Crippen MR) is 50.4 cm³/mol. The van der Waals surface area contributed by atoms with Gasteiger partial charge in [-0.2, -0.15) is 10.2 Å². The van der Waals surface area contributed by atoms with Gasteiger partial charge < -0.3 is 14.4 Å². The van der Waals surface area contributed by atoms with Gasteiger partial charge in [-0.15, -0.1) is 0 Å². The van der Waals surface area contributed by atoms with Crippen molar-refractivity contribution in [3.8, 4) is 5.75 Å². The van der Waals surface area contributed by atoms with Gasteiger partial charge in [0.2, 0.25) is 0 Å². The van der Waals surface area contributed by atoms with Gasteiger partial charge in [0.1, 0.15) is 0 Å². The van der Waals surface area contributed by atoms with E-state index in [1.807, 2.05) is 0 Å². The van der Waals surface area contributed by atoms with Crippen molar-refractivity contribution in [2.45, 2.75) is 0 Å². The molecular formula is C9H11N3O3. The average Bonchev–Trinajstić information content (AvgIpc) is 2.31. The Hall–Kier alpha value is -1.69. The summed E-state index contributed by atoms with van der Waals surface area (Å²) in [6, 6.07) is 1.59. The van der Waals surface area contributed by atoms with Crippen molar-refractivity contribution < 1.29 is 14.3 Å². The van der Waals surface area contributed by atoms with E-state index in [1.165, 1.54) is 12.4 Å². The Balaban J connectivity index is 1.91. The van der Waals surface area contributed by atoms with E-state index >= 15 is 0 Å². The second-order valence-corrected chi connectivity index (χ2v) is 3.05. The van der Waals surface area contributed by atoms with Gasteiger partial charge in [-0.25, -0.2) is 4.79 Å². The first-order valence-electron chi connectivity index (χ1n) is 4.67. The molecule has 1 aliphatic rings. The van der Waals surface area contributed by atoms with Crippen LogP contribution in [-0.2, 0) is 4.74 Å². The maximum atomic E-state index is 11.6. The van der Waals surface area contributed by atoms with Crippen LogP contribution in [0.2, 0.25) is 0 Å². The van der Waals surface area contributed by atoms with Crippen molar-refractivity contribution in [1.82, 2.24) is 15.1 Å². The van der Waals surface area contributed by atoms with Crippen molar-refractivity contribution in [3.63, 3.8) is 0 Å². The van der Waals surface area contributed by atoms with E-state index in [9.17, 15) is 4.79 Å². The summed E-state index contributed by atoms with van der Waals surface area (Å²) in [5, 5.41) is 7.20. The van der Waals surface area contributed by atoms with E-state index in [1.54, 1.807) is 11.0 Å². The van der Waals surface area contributed by atoms with Crippen LogP contribution in [0.5, 0.6) is 5.75 Å². The lowest BCUT2D eigenvalue weighted by Gasteiger charge is -2.25. The van der Waals surface area contributed by atoms with Gasteiger partial charge in [-0.05, 0) is 0 Å². The minimum absolute atomic E-state index is 0.369. The monoisotopic (exact) mass is 209 g/mol. The number of rotatable bonds is 1. The Kier molecular flexibility index (Phi) is 3.08. The fourth-order valence-corrected chi connectivity index (χ4v) is 1.25. The van der Waals surface area contributed by atoms with Gasteiger partial charge in [0.15, 0.2) is 5.75 Å². The Morgan fingerprint density at radius 1 is 1.40 bits per heavy atom. The van der Waals surface area contributed by atoms with E-state index in [-0.39, 0.29) is 6.09 Å². The highest BCUT2D eigenvalue weighted by molar-refractivity contribution is 5.70. The molecule has 1 amide bonds. The molecule has 0 radical (unpaired) electrons. The van der Waals surface area contributed by atoms with Crippen molar-refractivity contribution in [3.05, 3.63) is 18.5 Å². The van der Waals surface area contributed by atoms with Gasteiger partial charge in [-0.3, -0.25) is 0 Å². The van der Waals surface area contributed by atoms with Crippen LogP contribution >= 0.6 is 0 Å². The Labute approximate surface area is 86.8 Å². The topological polar surface area (TPSA) is 64.5 Å². The Bertz CT molecular complexity index is 325. The number of morpholine rings is 1. The zero-order valence-corrected chi connectivity index (χ0v) is 8.13. The molecule has 0 aromatic carbocycles. The highest BCUT2D eigenvalue weighted by Crippen LogP contribution is 2.08. The van der Waals surface area contributed by atoms with E-state index in [2.05, 4.69) is 10.2 Å². The van der Waals surface area contributed by atoms with Crippen LogP contribution in [0.4, 0.5) is 4.79 Å². The number of hydrogen-bond donors (Lipinski definition) is 0. The van der Waals surface area contributed by atoms with Crippen LogP contribution in [0.1, 0.15) is 0 Å². The molecule has 80 valence electrons. The number of amides is 1. The van der Waals surface area contributed by atoms with Gasteiger partial charge in [0.05, 0.1) is 25.6 Å². The van der Waals surface area contributed by atoms with Crippen LogP contribution in [0.3, 0.4) is 0 Å². The first-order chi connectivity index (χ1) is 7.36. The standard InChI is InChI=1S/C9H11N3O3/c13-9(12-3-5-14-6-4-12)15-8-1-2-10-11-7-8/h1-2,7H,3-6H2. The maximum absolute atomic E-state index is 11.6. The fourth-order valence-electron chi connectivity index (χ4n) is 1.25. The van der Waals surface area contributed by atoms with E-state index in [0.717, 1.165) is 0 Å². The average molecular weight is 209 g/mol. The molecule has 0 atom stereocenters. The Morgan fingerprint density at radius 3 is 2.87 bits per heavy atom. The lowest BCUT2D eigenvalue weighted by molar-refractivity contribution is 0.0415. The molecule has 0 saturated carbocycles. The highest BCUT2D eigenvalue weighted by Gasteiger charge is 2.18. The highest BCUT2D eigenvalue weighted by atomic mass is 16.6. The molecular weight excluding hydrogens is 198 g/mol. The molecule has 2 heterocycles. The summed E-state index contributed by atoms with van der Waals surface area (Å²) in [5.74, 6) is 0.404. The smallest absolute Gasteiger partial charge is 0.408 e. The third-order valence-corrected chi connectivity index (χ3v) is 2.03. The normalized spacial score (nSPS) is 16.1. The molecule has 1 fully saturated rings. The molecule has 0 spiro atoms. The van der Waals surface area contributed by atoms with E-state index < -0.39 is 0 Å². The lowest BCUT2D eigenvalue weighted by Crippen LogP contribution is -2.42. The third-order valence-electron chi connectivity index (χ3n) is 2.03. The molecule has 0 unspecified atom stereocenters. The van der Waals surface area contributed by atoms with E-state index in [0.29, 0.717) is 32.1 Å². The number of nitrogens with zero attached hydrogens (tertiary/aromatic N) is 3. The largest absolute Gasteiger partial charge is 0.415 e. The molecule has 1 aromatic rings. The van der Waals surface area contributed by atoms with Gasteiger partial charge in [-0.1, -0.05) is 0 Å². The first-order valence-corrected chi connectivity index (χ1v) is 4.67. The molecule has 1 aromatic heterocycles. The second-order valence-electron chi connectivity index (χ2n) is 3.05. The molecule has 1 saturated heterocycles. The summed E-state index contributed by atoms with van der Waals surface area (Å²) in [4.78, 5) is 13.2. The van der Waals surface area contributed by atoms with Crippen LogP contribution in [0.15, 0.2) is 18.5 Å². The molecule has 0 bridgehead atoms. The second kappa shape index (κ2) is 4.70. The van der Waals surface area contributed by atoms with Crippen LogP contribution in [0.25, 0.3) is 0 Å². The first kappa shape index (κ1) is 9.85. The summed E-state index contributed by atoms with van der Waals surface area (Å²) < 4.78 is 10.2. The predicted octanol–water partition coefficient (Wildman–Crippen LogP) is 0.308. The van der Waals surface area contributed by atoms with Crippen molar-refractivity contribution >= 4 is 6.09 Å². The van der Waals surface area contributed by atoms with Crippen LogP contribution in [-0.4, -0.2) is 47.5 Å². The third kappa shape index (κ3) is 2.63. The number of ether oxygens (including phenoxy) is 2. The number of carbonyl (C=O) groups is 1. The quantitative estimate of drug-likeness (QED) is 0.666. The molecule has 0 N–H and O–H groups in total. The van der Waals surface area contributed by atoms with Gasteiger partial charge in [0.25, 0.3) is 0 Å². The van der Waals surface area contributed by atoms with Gasteiger partial charge in [0, 0.05) is 19.2 Å². The van der Waals surface area contributed by atoms with Crippen molar-refractivity contribution in [2.24, 2.45) is 0 Å². The number of aromatic nitrogens is 2. The van der Waals surface area contributed by atoms with Crippen LogP contribution in [0, 0.1) is 0 Å². The van der Waals surface area contributed by atoms with Gasteiger partial charge >= 0.3 is 6.09 Å². The van der Waals surface area contributed by atoms with Crippen molar-refractivity contribution in [1.29, 1.82) is 0 Å². The number of carbonyl (C=O) groups excluding carboxylic acids is 1. The van der Waals surface area contributed by atoms with Crippen LogP contribution < -0.4 is 4.74 Å². The summed E-state index contributed by atoms with van der Waals surface area (Å²) in [7, 11) is 0.